The number of amides is 2. The van der Waals surface area contributed by atoms with Crippen molar-refractivity contribution < 1.29 is 14.5 Å². The molecule has 0 aromatic heterocycles. The molecule has 0 fully saturated rings. The summed E-state index contributed by atoms with van der Waals surface area (Å²) < 4.78 is 0. The van der Waals surface area contributed by atoms with Crippen LogP contribution in [0.2, 0.25) is 5.02 Å². The summed E-state index contributed by atoms with van der Waals surface area (Å²) in [5.74, 6) is -1.06. The van der Waals surface area contributed by atoms with Crippen LogP contribution in [0.1, 0.15) is 36.7 Å². The van der Waals surface area contributed by atoms with Gasteiger partial charge in [0, 0.05) is 28.3 Å². The minimum Gasteiger partial charge on any atom is -0.346 e. The Balaban J connectivity index is 2.33. The van der Waals surface area contributed by atoms with E-state index in [0.717, 1.165) is 0 Å². The summed E-state index contributed by atoms with van der Waals surface area (Å²) in [5, 5.41) is 16.5. The Hall–Kier alpha value is -3.19. The number of nitrogens with one attached hydrogen (secondary N) is 2. The van der Waals surface area contributed by atoms with Gasteiger partial charge >= 0.3 is 0 Å². The molecule has 146 valence electrons. The molecular formula is C20H20ClN3O4. The Morgan fingerprint density at radius 2 is 1.68 bits per heavy atom. The molecule has 0 atom stereocenters. The number of hydrogen-bond acceptors (Lipinski definition) is 4. The van der Waals surface area contributed by atoms with Gasteiger partial charge in [-0.25, -0.2) is 0 Å². The molecule has 2 rings (SSSR count). The number of carbonyl (C=O) groups excluding carboxylic acids is 2. The first kappa shape index (κ1) is 21.1. The van der Waals surface area contributed by atoms with Crippen LogP contribution in [0.4, 0.5) is 5.69 Å². The predicted octanol–water partition coefficient (Wildman–Crippen LogP) is 3.93. The lowest BCUT2D eigenvalue weighted by atomic mass is 10.1. The molecule has 0 saturated carbocycles. The van der Waals surface area contributed by atoms with E-state index in [4.69, 9.17) is 11.6 Å². The first-order valence-corrected chi connectivity index (χ1v) is 8.79. The summed E-state index contributed by atoms with van der Waals surface area (Å²) in [6.45, 7) is 5.45. The van der Waals surface area contributed by atoms with Gasteiger partial charge in [0.2, 0.25) is 0 Å². The monoisotopic (exact) mass is 401 g/mol. The highest BCUT2D eigenvalue weighted by Gasteiger charge is 2.20. The fourth-order valence-corrected chi connectivity index (χ4v) is 2.43. The number of non-ortho nitro benzene ring substituents is 1. The maximum absolute atomic E-state index is 12.7. The lowest BCUT2D eigenvalue weighted by Crippen LogP contribution is -2.44. The molecule has 0 bridgehead atoms. The van der Waals surface area contributed by atoms with Gasteiger partial charge in [-0.1, -0.05) is 29.8 Å². The van der Waals surface area contributed by atoms with Gasteiger partial charge in [-0.15, -0.1) is 0 Å². The smallest absolute Gasteiger partial charge is 0.269 e. The molecule has 2 aromatic carbocycles. The molecule has 28 heavy (non-hydrogen) atoms. The molecular weight excluding hydrogens is 382 g/mol. The molecule has 0 heterocycles. The highest BCUT2D eigenvalue weighted by Crippen LogP contribution is 2.18. The Labute approximate surface area is 167 Å². The first-order chi connectivity index (χ1) is 13.1. The topological polar surface area (TPSA) is 101 Å². The molecule has 8 heteroatoms. The Bertz CT molecular complexity index is 931. The lowest BCUT2D eigenvalue weighted by molar-refractivity contribution is -0.384. The molecule has 0 spiro atoms. The van der Waals surface area contributed by atoms with Gasteiger partial charge in [0.05, 0.1) is 4.92 Å². The molecule has 0 saturated heterocycles. The van der Waals surface area contributed by atoms with Crippen LogP contribution >= 0.6 is 11.6 Å². The number of halogens is 1. The van der Waals surface area contributed by atoms with E-state index in [0.29, 0.717) is 10.6 Å². The second-order valence-electron chi connectivity index (χ2n) is 7.04. The summed E-state index contributed by atoms with van der Waals surface area (Å²) in [6, 6.07) is 12.0. The molecule has 2 N–H and O–H groups in total. The van der Waals surface area contributed by atoms with E-state index in [-0.39, 0.29) is 16.9 Å². The summed E-state index contributed by atoms with van der Waals surface area (Å²) in [4.78, 5) is 35.4. The second kappa shape index (κ2) is 8.67. The average Bonchev–Trinajstić information content (AvgIpc) is 2.61. The maximum atomic E-state index is 12.7. The van der Waals surface area contributed by atoms with Crippen LogP contribution in [0.5, 0.6) is 0 Å². The largest absolute Gasteiger partial charge is 0.346 e. The van der Waals surface area contributed by atoms with Crippen LogP contribution in [0.3, 0.4) is 0 Å². The van der Waals surface area contributed by atoms with E-state index in [1.165, 1.54) is 30.3 Å². The van der Waals surface area contributed by atoms with Gasteiger partial charge in [-0.3, -0.25) is 19.7 Å². The number of rotatable bonds is 5. The fourth-order valence-electron chi connectivity index (χ4n) is 2.24. The summed E-state index contributed by atoms with van der Waals surface area (Å²) in [7, 11) is 0. The van der Waals surface area contributed by atoms with Crippen LogP contribution in [-0.4, -0.2) is 22.3 Å². The molecule has 2 aromatic rings. The summed E-state index contributed by atoms with van der Waals surface area (Å²) in [5.41, 5.74) is 0.0982. The minimum absolute atomic E-state index is 0.00591. The fraction of sp³-hybridized carbons (Fsp3) is 0.200. The zero-order chi connectivity index (χ0) is 20.9. The predicted molar refractivity (Wildman–Crippen MR) is 108 cm³/mol. The zero-order valence-corrected chi connectivity index (χ0v) is 16.4. The lowest BCUT2D eigenvalue weighted by Gasteiger charge is -2.22. The van der Waals surface area contributed by atoms with E-state index < -0.39 is 22.3 Å². The summed E-state index contributed by atoms with van der Waals surface area (Å²) >= 11 is 6.15. The second-order valence-corrected chi connectivity index (χ2v) is 7.45. The maximum Gasteiger partial charge on any atom is 0.269 e. The SMILES string of the molecule is CC(C)(C)NC(=O)C(=Cc1ccccc1Cl)NC(=O)c1ccc([N+](=O)[O-])cc1. The van der Waals surface area contributed by atoms with Crippen molar-refractivity contribution in [2.75, 3.05) is 0 Å². The van der Waals surface area contributed by atoms with Crippen LogP contribution in [0.15, 0.2) is 54.2 Å². The van der Waals surface area contributed by atoms with Gasteiger partial charge in [-0.05, 0) is 50.6 Å². The van der Waals surface area contributed by atoms with E-state index in [2.05, 4.69) is 10.6 Å². The van der Waals surface area contributed by atoms with Crippen molar-refractivity contribution in [3.05, 3.63) is 80.5 Å². The first-order valence-electron chi connectivity index (χ1n) is 8.41. The third-order valence-electron chi connectivity index (χ3n) is 3.53. The molecule has 0 aliphatic heterocycles. The van der Waals surface area contributed by atoms with Gasteiger partial charge in [0.1, 0.15) is 5.70 Å². The van der Waals surface area contributed by atoms with Crippen molar-refractivity contribution in [2.45, 2.75) is 26.3 Å². The molecule has 2 amide bonds. The standard InChI is InChI=1S/C20H20ClN3O4/c1-20(2,3)23-19(26)17(12-14-6-4-5-7-16(14)21)22-18(25)13-8-10-15(11-9-13)24(27)28/h4-12H,1-3H3,(H,22,25)(H,23,26). The third kappa shape index (κ3) is 5.92. The zero-order valence-electron chi connectivity index (χ0n) is 15.7. The molecule has 0 aliphatic rings. The van der Waals surface area contributed by atoms with E-state index >= 15 is 0 Å². The van der Waals surface area contributed by atoms with Crippen molar-refractivity contribution in [1.82, 2.24) is 10.6 Å². The van der Waals surface area contributed by atoms with Gasteiger partial charge in [0.15, 0.2) is 0 Å². The number of carbonyl (C=O) groups is 2. The van der Waals surface area contributed by atoms with Crippen LogP contribution < -0.4 is 10.6 Å². The van der Waals surface area contributed by atoms with Crippen LogP contribution in [-0.2, 0) is 4.79 Å². The molecule has 0 unspecified atom stereocenters. The Morgan fingerprint density at radius 1 is 1.07 bits per heavy atom. The number of nitrogens with zero attached hydrogens (tertiary/aromatic N) is 1. The number of hydrogen-bond donors (Lipinski definition) is 2. The van der Waals surface area contributed by atoms with Crippen molar-refractivity contribution in [3.8, 4) is 0 Å². The van der Waals surface area contributed by atoms with Crippen molar-refractivity contribution >= 4 is 35.2 Å². The molecule has 0 aliphatic carbocycles. The minimum atomic E-state index is -0.572. The highest BCUT2D eigenvalue weighted by atomic mass is 35.5. The van der Waals surface area contributed by atoms with Gasteiger partial charge < -0.3 is 10.6 Å². The van der Waals surface area contributed by atoms with Crippen molar-refractivity contribution in [3.63, 3.8) is 0 Å². The van der Waals surface area contributed by atoms with Gasteiger partial charge in [0.25, 0.3) is 17.5 Å². The molecule has 0 radical (unpaired) electrons. The quantitative estimate of drug-likeness (QED) is 0.450. The van der Waals surface area contributed by atoms with Gasteiger partial charge in [-0.2, -0.15) is 0 Å². The number of nitro groups is 1. The normalized spacial score (nSPS) is 11.6. The average molecular weight is 402 g/mol. The Morgan fingerprint density at radius 3 is 2.21 bits per heavy atom. The van der Waals surface area contributed by atoms with Crippen LogP contribution in [0, 0.1) is 10.1 Å². The van der Waals surface area contributed by atoms with E-state index in [1.807, 2.05) is 20.8 Å². The third-order valence-corrected chi connectivity index (χ3v) is 3.87. The van der Waals surface area contributed by atoms with Crippen molar-refractivity contribution in [2.24, 2.45) is 0 Å². The van der Waals surface area contributed by atoms with Crippen molar-refractivity contribution in [1.29, 1.82) is 0 Å². The highest BCUT2D eigenvalue weighted by molar-refractivity contribution is 6.32. The number of benzene rings is 2. The number of nitro benzene ring substituents is 1. The van der Waals surface area contributed by atoms with E-state index in [1.54, 1.807) is 24.3 Å². The van der Waals surface area contributed by atoms with E-state index in [9.17, 15) is 19.7 Å². The Kier molecular flexibility index (Phi) is 6.53. The van der Waals surface area contributed by atoms with Crippen LogP contribution in [0.25, 0.3) is 6.08 Å². The summed E-state index contributed by atoms with van der Waals surface area (Å²) in [6.07, 6.45) is 1.48. The molecule has 7 nitrogen and oxygen atoms in total.